The monoisotopic (exact) mass is 342 g/mol. The highest BCUT2D eigenvalue weighted by molar-refractivity contribution is 5.92. The van der Waals surface area contributed by atoms with Crippen LogP contribution < -0.4 is 16.0 Å². The largest absolute Gasteiger partial charge is 0.349 e. The number of carbonyl (C=O) groups is 2. The Morgan fingerprint density at radius 3 is 2.24 bits per heavy atom. The minimum absolute atomic E-state index is 0.119. The van der Waals surface area contributed by atoms with Crippen LogP contribution in [0.15, 0.2) is 36.4 Å². The second kappa shape index (κ2) is 8.74. The Hall–Kier alpha value is -3.00. The minimum atomic E-state index is -0.249. The first kappa shape index (κ1) is 18.3. The lowest BCUT2D eigenvalue weighted by Crippen LogP contribution is -2.31. The van der Waals surface area contributed by atoms with Crippen LogP contribution in [0.4, 0.5) is 17.2 Å². The molecule has 25 heavy (non-hydrogen) atoms. The Balaban J connectivity index is 1.91. The number of amides is 2. The van der Waals surface area contributed by atoms with Crippen molar-refractivity contribution in [2.45, 2.75) is 6.92 Å². The van der Waals surface area contributed by atoms with E-state index in [1.54, 1.807) is 24.3 Å². The van der Waals surface area contributed by atoms with Crippen LogP contribution >= 0.6 is 0 Å². The van der Waals surface area contributed by atoms with Crippen LogP contribution in [-0.4, -0.2) is 54.1 Å². The summed E-state index contributed by atoms with van der Waals surface area (Å²) in [7, 11) is 3.88. The summed E-state index contributed by atoms with van der Waals surface area (Å²) in [5.41, 5.74) is 1.78. The maximum Gasteiger partial charge on any atom is 0.271 e. The predicted octanol–water partition coefficient (Wildman–Crippen LogP) is 1.47. The summed E-state index contributed by atoms with van der Waals surface area (Å²) in [4.78, 5) is 24.9. The van der Waals surface area contributed by atoms with Crippen LogP contribution in [0.1, 0.15) is 17.4 Å². The molecule has 0 saturated heterocycles. The first-order valence-electron chi connectivity index (χ1n) is 7.85. The van der Waals surface area contributed by atoms with Crippen molar-refractivity contribution in [3.63, 3.8) is 0 Å². The Morgan fingerprint density at radius 2 is 1.68 bits per heavy atom. The number of anilines is 3. The fourth-order valence-electron chi connectivity index (χ4n) is 1.99. The van der Waals surface area contributed by atoms with Crippen molar-refractivity contribution in [1.29, 1.82) is 0 Å². The minimum Gasteiger partial charge on any atom is -0.349 e. The van der Waals surface area contributed by atoms with Crippen LogP contribution in [0.3, 0.4) is 0 Å². The van der Waals surface area contributed by atoms with Crippen LogP contribution in [0.2, 0.25) is 0 Å². The number of benzene rings is 1. The molecule has 0 atom stereocenters. The number of likely N-dealkylation sites (N-methyl/N-ethyl adjacent to an activating group) is 1. The van der Waals surface area contributed by atoms with E-state index in [0.717, 1.165) is 12.2 Å². The molecule has 2 rings (SSSR count). The van der Waals surface area contributed by atoms with Gasteiger partial charge in [0.25, 0.3) is 5.91 Å². The van der Waals surface area contributed by atoms with E-state index < -0.39 is 0 Å². The SMILES string of the molecule is CC(=O)Nc1ccc(Nc2ccc(C(=O)NCCN(C)C)nn2)cc1. The molecular formula is C17H22N6O2. The van der Waals surface area contributed by atoms with Gasteiger partial charge in [0.1, 0.15) is 0 Å². The third-order valence-electron chi connectivity index (χ3n) is 3.22. The van der Waals surface area contributed by atoms with Crippen LogP contribution in [0, 0.1) is 0 Å². The van der Waals surface area contributed by atoms with Gasteiger partial charge in [-0.05, 0) is 50.5 Å². The maximum atomic E-state index is 11.9. The van der Waals surface area contributed by atoms with Gasteiger partial charge in [0.15, 0.2) is 11.5 Å². The molecule has 8 nitrogen and oxygen atoms in total. The molecule has 2 aromatic rings. The first-order valence-corrected chi connectivity index (χ1v) is 7.85. The van der Waals surface area contributed by atoms with Gasteiger partial charge < -0.3 is 20.9 Å². The van der Waals surface area contributed by atoms with Crippen molar-refractivity contribution < 1.29 is 9.59 Å². The van der Waals surface area contributed by atoms with E-state index in [9.17, 15) is 9.59 Å². The number of rotatable bonds is 7. The van der Waals surface area contributed by atoms with Crippen molar-refractivity contribution in [3.8, 4) is 0 Å². The molecule has 0 spiro atoms. The maximum absolute atomic E-state index is 11.9. The molecule has 1 aromatic heterocycles. The lowest BCUT2D eigenvalue weighted by molar-refractivity contribution is -0.114. The second-order valence-electron chi connectivity index (χ2n) is 5.75. The molecule has 0 radical (unpaired) electrons. The molecule has 1 aromatic carbocycles. The van der Waals surface area contributed by atoms with E-state index in [1.165, 1.54) is 6.92 Å². The van der Waals surface area contributed by atoms with E-state index in [4.69, 9.17) is 0 Å². The molecule has 0 aliphatic heterocycles. The Kier molecular flexibility index (Phi) is 6.41. The summed E-state index contributed by atoms with van der Waals surface area (Å²) in [5.74, 6) is 0.156. The fourth-order valence-corrected chi connectivity index (χ4v) is 1.99. The average molecular weight is 342 g/mol. The summed E-state index contributed by atoms with van der Waals surface area (Å²) in [6.07, 6.45) is 0. The Morgan fingerprint density at radius 1 is 1.00 bits per heavy atom. The molecule has 2 amide bonds. The third kappa shape index (κ3) is 6.19. The molecule has 0 unspecified atom stereocenters. The van der Waals surface area contributed by atoms with E-state index in [-0.39, 0.29) is 17.5 Å². The second-order valence-corrected chi connectivity index (χ2v) is 5.75. The summed E-state index contributed by atoms with van der Waals surface area (Å²) in [5, 5.41) is 16.5. The highest BCUT2D eigenvalue weighted by atomic mass is 16.2. The molecule has 0 aliphatic rings. The average Bonchev–Trinajstić information content (AvgIpc) is 2.56. The Bertz CT molecular complexity index is 713. The van der Waals surface area contributed by atoms with Gasteiger partial charge >= 0.3 is 0 Å². The zero-order chi connectivity index (χ0) is 18.2. The number of aromatic nitrogens is 2. The van der Waals surface area contributed by atoms with E-state index in [1.807, 2.05) is 31.1 Å². The molecule has 0 saturated carbocycles. The van der Waals surface area contributed by atoms with Gasteiger partial charge in [-0.25, -0.2) is 0 Å². The number of hydrogen-bond acceptors (Lipinski definition) is 6. The number of hydrogen-bond donors (Lipinski definition) is 3. The summed E-state index contributed by atoms with van der Waals surface area (Å²) >= 11 is 0. The van der Waals surface area contributed by atoms with Crippen LogP contribution in [0.25, 0.3) is 0 Å². The fraction of sp³-hybridized carbons (Fsp3) is 0.294. The summed E-state index contributed by atoms with van der Waals surface area (Å²) < 4.78 is 0. The van der Waals surface area contributed by atoms with Gasteiger partial charge in [-0.1, -0.05) is 0 Å². The summed E-state index contributed by atoms with van der Waals surface area (Å²) in [6.45, 7) is 2.77. The molecule has 0 aliphatic carbocycles. The molecule has 132 valence electrons. The predicted molar refractivity (Wildman–Crippen MR) is 96.9 cm³/mol. The van der Waals surface area contributed by atoms with Crippen molar-refractivity contribution in [3.05, 3.63) is 42.1 Å². The van der Waals surface area contributed by atoms with Gasteiger partial charge in [-0.2, -0.15) is 0 Å². The Labute approximate surface area is 146 Å². The van der Waals surface area contributed by atoms with E-state index in [2.05, 4.69) is 26.1 Å². The number of nitrogens with one attached hydrogen (secondary N) is 3. The van der Waals surface area contributed by atoms with Gasteiger partial charge in [0.2, 0.25) is 5.91 Å². The molecular weight excluding hydrogens is 320 g/mol. The van der Waals surface area contributed by atoms with Gasteiger partial charge in [0.05, 0.1) is 0 Å². The van der Waals surface area contributed by atoms with Crippen LogP contribution in [0.5, 0.6) is 0 Å². The molecule has 0 bridgehead atoms. The highest BCUT2D eigenvalue weighted by Gasteiger charge is 2.08. The van der Waals surface area contributed by atoms with Gasteiger partial charge in [-0.3, -0.25) is 9.59 Å². The number of carbonyl (C=O) groups excluding carboxylic acids is 2. The quantitative estimate of drug-likeness (QED) is 0.705. The topological polar surface area (TPSA) is 99.2 Å². The van der Waals surface area contributed by atoms with E-state index >= 15 is 0 Å². The first-order chi connectivity index (χ1) is 11.9. The smallest absolute Gasteiger partial charge is 0.271 e. The van der Waals surface area contributed by atoms with Gasteiger partial charge in [0, 0.05) is 31.4 Å². The third-order valence-corrected chi connectivity index (χ3v) is 3.22. The zero-order valence-electron chi connectivity index (χ0n) is 14.5. The molecule has 0 fully saturated rings. The molecule has 8 heteroatoms. The molecule has 3 N–H and O–H groups in total. The van der Waals surface area contributed by atoms with Crippen molar-refractivity contribution in [1.82, 2.24) is 20.4 Å². The van der Waals surface area contributed by atoms with Crippen molar-refractivity contribution in [2.75, 3.05) is 37.8 Å². The number of nitrogens with zero attached hydrogens (tertiary/aromatic N) is 3. The van der Waals surface area contributed by atoms with Gasteiger partial charge in [-0.15, -0.1) is 10.2 Å². The van der Waals surface area contributed by atoms with Crippen LogP contribution in [-0.2, 0) is 4.79 Å². The zero-order valence-corrected chi connectivity index (χ0v) is 14.5. The lowest BCUT2D eigenvalue weighted by Gasteiger charge is -2.10. The van der Waals surface area contributed by atoms with Crippen molar-refractivity contribution in [2.24, 2.45) is 0 Å². The van der Waals surface area contributed by atoms with Crippen molar-refractivity contribution >= 4 is 29.0 Å². The standard InChI is InChI=1S/C17H22N6O2/c1-12(24)19-13-4-6-14(7-5-13)20-16-9-8-15(21-22-16)17(25)18-10-11-23(2)3/h4-9H,10-11H2,1-3H3,(H,18,25)(H,19,24)(H,20,22). The summed E-state index contributed by atoms with van der Waals surface area (Å²) in [6, 6.07) is 10.5. The lowest BCUT2D eigenvalue weighted by atomic mass is 10.2. The molecule has 1 heterocycles. The highest BCUT2D eigenvalue weighted by Crippen LogP contribution is 2.17. The van der Waals surface area contributed by atoms with E-state index in [0.29, 0.717) is 18.1 Å². The normalized spacial score (nSPS) is 10.4.